The highest BCUT2D eigenvalue weighted by Crippen LogP contribution is 2.21. The fourth-order valence-electron chi connectivity index (χ4n) is 1.14. The minimum absolute atomic E-state index is 0.0827. The van der Waals surface area contributed by atoms with Gasteiger partial charge in [0.25, 0.3) is 0 Å². The van der Waals surface area contributed by atoms with Gasteiger partial charge in [0, 0.05) is 11.1 Å². The van der Waals surface area contributed by atoms with E-state index in [4.69, 9.17) is 9.47 Å². The summed E-state index contributed by atoms with van der Waals surface area (Å²) in [5.74, 6) is -1.07. The molecule has 0 aliphatic rings. The number of nitrogens with zero attached hydrogens (tertiary/aromatic N) is 2. The molecular formula is C10H12N2O5. The van der Waals surface area contributed by atoms with Gasteiger partial charge >= 0.3 is 17.7 Å². The monoisotopic (exact) mass is 240 g/mol. The zero-order chi connectivity index (χ0) is 12.8. The van der Waals surface area contributed by atoms with Gasteiger partial charge in [-0.3, -0.25) is 0 Å². The Morgan fingerprint density at radius 3 is 2.65 bits per heavy atom. The first-order chi connectivity index (χ1) is 8.10. The molecule has 0 aromatic carbocycles. The highest BCUT2D eigenvalue weighted by molar-refractivity contribution is 5.92. The zero-order valence-corrected chi connectivity index (χ0v) is 9.50. The maximum atomic E-state index is 11.5. The number of nitro groups is 1. The minimum atomic E-state index is -0.655. The summed E-state index contributed by atoms with van der Waals surface area (Å²) in [6, 6.07) is 2.41. The Balaban J connectivity index is 3.12. The van der Waals surface area contributed by atoms with Crippen LogP contribution in [0.2, 0.25) is 0 Å². The summed E-state index contributed by atoms with van der Waals surface area (Å²) < 4.78 is 9.87. The van der Waals surface area contributed by atoms with E-state index < -0.39 is 10.9 Å². The second-order valence-electron chi connectivity index (χ2n) is 2.93. The Hall–Kier alpha value is -2.18. The smallest absolute Gasteiger partial charge is 0.367 e. The summed E-state index contributed by atoms with van der Waals surface area (Å²) in [5.41, 5.74) is 0.0827. The molecule has 0 aliphatic carbocycles. The number of aromatic nitrogens is 1. The number of hydrogen-bond acceptors (Lipinski definition) is 6. The normalized spacial score (nSPS) is 9.76. The molecule has 0 radical (unpaired) electrons. The van der Waals surface area contributed by atoms with Crippen molar-refractivity contribution in [3.05, 3.63) is 27.8 Å². The quantitative estimate of drug-likeness (QED) is 0.440. The van der Waals surface area contributed by atoms with Gasteiger partial charge < -0.3 is 19.6 Å². The number of ether oxygens (including phenoxy) is 2. The van der Waals surface area contributed by atoms with Crippen LogP contribution in [-0.2, 0) is 4.74 Å². The Bertz CT molecular complexity index is 433. The molecule has 0 aliphatic heterocycles. The van der Waals surface area contributed by atoms with Crippen LogP contribution in [0.15, 0.2) is 12.1 Å². The van der Waals surface area contributed by atoms with Gasteiger partial charge in [-0.1, -0.05) is 0 Å². The molecule has 0 saturated heterocycles. The fourth-order valence-corrected chi connectivity index (χ4v) is 1.14. The average Bonchev–Trinajstić information content (AvgIpc) is 2.29. The van der Waals surface area contributed by atoms with Crippen LogP contribution in [0.5, 0.6) is 5.88 Å². The van der Waals surface area contributed by atoms with Crippen molar-refractivity contribution in [1.82, 2.24) is 4.98 Å². The van der Waals surface area contributed by atoms with Crippen LogP contribution in [0.25, 0.3) is 0 Å². The lowest BCUT2D eigenvalue weighted by Gasteiger charge is -2.04. The molecule has 17 heavy (non-hydrogen) atoms. The fraction of sp³-hybridized carbons (Fsp3) is 0.400. The molecule has 0 fully saturated rings. The summed E-state index contributed by atoms with van der Waals surface area (Å²) in [7, 11) is 0. The summed E-state index contributed by atoms with van der Waals surface area (Å²) in [5, 5.41) is 10.5. The maximum Gasteiger partial charge on any atom is 0.367 e. The molecule has 1 aromatic heterocycles. The maximum absolute atomic E-state index is 11.5. The Kier molecular flexibility index (Phi) is 4.38. The SMILES string of the molecule is CCOC(=O)c1ccc([N+](=O)[O-])nc1OCC. The largest absolute Gasteiger partial charge is 0.462 e. The predicted molar refractivity (Wildman–Crippen MR) is 58.0 cm³/mol. The third kappa shape index (κ3) is 3.13. The molecule has 0 amide bonds. The van der Waals surface area contributed by atoms with Gasteiger partial charge in [-0.15, -0.1) is 0 Å². The van der Waals surface area contributed by atoms with Gasteiger partial charge in [0.2, 0.25) is 0 Å². The molecular weight excluding hydrogens is 228 g/mol. The number of carbonyl (C=O) groups is 1. The summed E-state index contributed by atoms with van der Waals surface area (Å²) in [6.07, 6.45) is 0. The molecule has 1 rings (SSSR count). The molecule has 0 saturated carbocycles. The van der Waals surface area contributed by atoms with Crippen LogP contribution in [-0.4, -0.2) is 29.1 Å². The second-order valence-corrected chi connectivity index (χ2v) is 2.93. The Morgan fingerprint density at radius 1 is 1.41 bits per heavy atom. The molecule has 0 unspecified atom stereocenters. The van der Waals surface area contributed by atoms with Crippen molar-refractivity contribution < 1.29 is 19.2 Å². The van der Waals surface area contributed by atoms with Gasteiger partial charge in [-0.05, 0) is 24.8 Å². The van der Waals surface area contributed by atoms with Crippen molar-refractivity contribution >= 4 is 11.8 Å². The lowest BCUT2D eigenvalue weighted by molar-refractivity contribution is -0.389. The Morgan fingerprint density at radius 2 is 2.12 bits per heavy atom. The topological polar surface area (TPSA) is 91.6 Å². The molecule has 1 heterocycles. The van der Waals surface area contributed by atoms with E-state index in [1.165, 1.54) is 6.07 Å². The van der Waals surface area contributed by atoms with Crippen molar-refractivity contribution in [2.75, 3.05) is 13.2 Å². The summed E-state index contributed by atoms with van der Waals surface area (Å²) in [6.45, 7) is 3.81. The van der Waals surface area contributed by atoms with E-state index in [0.717, 1.165) is 6.07 Å². The summed E-state index contributed by atoms with van der Waals surface area (Å²) >= 11 is 0. The third-order valence-corrected chi connectivity index (χ3v) is 1.81. The van der Waals surface area contributed by atoms with Crippen molar-refractivity contribution in [3.63, 3.8) is 0 Å². The standard InChI is InChI=1S/C10H12N2O5/c1-3-16-9-7(10(13)17-4-2)5-6-8(11-9)12(14)15/h5-6H,3-4H2,1-2H3. The highest BCUT2D eigenvalue weighted by atomic mass is 16.6. The third-order valence-electron chi connectivity index (χ3n) is 1.81. The lowest BCUT2D eigenvalue weighted by atomic mass is 10.2. The van der Waals surface area contributed by atoms with Crippen molar-refractivity contribution in [2.24, 2.45) is 0 Å². The Labute approximate surface area is 97.5 Å². The van der Waals surface area contributed by atoms with Crippen molar-refractivity contribution in [3.8, 4) is 5.88 Å². The molecule has 92 valence electrons. The van der Waals surface area contributed by atoms with Crippen LogP contribution in [0.3, 0.4) is 0 Å². The number of carbonyl (C=O) groups excluding carboxylic acids is 1. The first-order valence-corrected chi connectivity index (χ1v) is 5.05. The zero-order valence-electron chi connectivity index (χ0n) is 9.50. The van der Waals surface area contributed by atoms with Gasteiger partial charge in [0.1, 0.15) is 5.56 Å². The first kappa shape index (κ1) is 12.9. The number of pyridine rings is 1. The van der Waals surface area contributed by atoms with Gasteiger partial charge in [0.15, 0.2) is 0 Å². The van der Waals surface area contributed by atoms with Crippen LogP contribution in [0.1, 0.15) is 24.2 Å². The number of rotatable bonds is 5. The number of hydrogen-bond donors (Lipinski definition) is 0. The van der Waals surface area contributed by atoms with Crippen LogP contribution in [0, 0.1) is 10.1 Å². The molecule has 1 aromatic rings. The second kappa shape index (κ2) is 5.78. The van der Waals surface area contributed by atoms with E-state index >= 15 is 0 Å². The molecule has 7 heteroatoms. The van der Waals surface area contributed by atoms with Crippen LogP contribution < -0.4 is 4.74 Å². The molecule has 0 spiro atoms. The van der Waals surface area contributed by atoms with Gasteiger partial charge in [-0.25, -0.2) is 4.79 Å². The molecule has 0 bridgehead atoms. The molecule has 0 atom stereocenters. The predicted octanol–water partition coefficient (Wildman–Crippen LogP) is 1.57. The average molecular weight is 240 g/mol. The van der Waals surface area contributed by atoms with E-state index in [1.54, 1.807) is 13.8 Å². The van der Waals surface area contributed by atoms with Crippen LogP contribution in [0.4, 0.5) is 5.82 Å². The van der Waals surface area contributed by atoms with Crippen molar-refractivity contribution in [2.45, 2.75) is 13.8 Å². The molecule has 0 N–H and O–H groups in total. The van der Waals surface area contributed by atoms with Gasteiger partial charge in [-0.2, -0.15) is 0 Å². The first-order valence-electron chi connectivity index (χ1n) is 5.05. The van der Waals surface area contributed by atoms with E-state index in [1.807, 2.05) is 0 Å². The number of esters is 1. The minimum Gasteiger partial charge on any atom is -0.462 e. The van der Waals surface area contributed by atoms with E-state index in [-0.39, 0.29) is 30.5 Å². The van der Waals surface area contributed by atoms with E-state index in [9.17, 15) is 14.9 Å². The molecule has 7 nitrogen and oxygen atoms in total. The summed E-state index contributed by atoms with van der Waals surface area (Å²) in [4.78, 5) is 25.0. The lowest BCUT2D eigenvalue weighted by Crippen LogP contribution is -2.10. The highest BCUT2D eigenvalue weighted by Gasteiger charge is 2.22. The van der Waals surface area contributed by atoms with Gasteiger partial charge in [0.05, 0.1) is 13.2 Å². The van der Waals surface area contributed by atoms with Crippen molar-refractivity contribution in [1.29, 1.82) is 0 Å². The van der Waals surface area contributed by atoms with E-state index in [0.29, 0.717) is 0 Å². The van der Waals surface area contributed by atoms with E-state index in [2.05, 4.69) is 4.98 Å². The van der Waals surface area contributed by atoms with Crippen LogP contribution >= 0.6 is 0 Å².